The van der Waals surface area contributed by atoms with Crippen LogP contribution in [0, 0.1) is 19.8 Å². The monoisotopic (exact) mass is 295 g/mol. The molecule has 2 unspecified atom stereocenters. The van der Waals surface area contributed by atoms with Crippen LogP contribution in [0.1, 0.15) is 37.4 Å². The van der Waals surface area contributed by atoms with Crippen LogP contribution in [-0.2, 0) is 16.0 Å². The van der Waals surface area contributed by atoms with Gasteiger partial charge < -0.3 is 15.4 Å². The Labute approximate surface area is 122 Å². The van der Waals surface area contributed by atoms with Crippen molar-refractivity contribution in [1.82, 2.24) is 15.3 Å². The van der Waals surface area contributed by atoms with Crippen molar-refractivity contribution < 1.29 is 14.7 Å². The van der Waals surface area contributed by atoms with Crippen LogP contribution >= 0.6 is 0 Å². The van der Waals surface area contributed by atoms with Gasteiger partial charge in [0, 0.05) is 23.7 Å². The number of aliphatic carboxylic acids is 1. The zero-order chi connectivity index (χ0) is 16.2. The highest BCUT2D eigenvalue weighted by Gasteiger charge is 2.21. The second kappa shape index (κ2) is 7.01. The van der Waals surface area contributed by atoms with Gasteiger partial charge in [-0.2, -0.15) is 0 Å². The van der Waals surface area contributed by atoms with Gasteiger partial charge in [0.25, 0.3) is 5.56 Å². The molecule has 0 radical (unpaired) electrons. The molecule has 7 nitrogen and oxygen atoms in total. The summed E-state index contributed by atoms with van der Waals surface area (Å²) in [4.78, 5) is 41.2. The molecule has 0 spiro atoms. The van der Waals surface area contributed by atoms with E-state index in [0.29, 0.717) is 17.1 Å². The number of carboxylic acid groups (broad SMARTS) is 1. The van der Waals surface area contributed by atoms with Crippen LogP contribution in [0.25, 0.3) is 0 Å². The summed E-state index contributed by atoms with van der Waals surface area (Å²) in [7, 11) is 0. The Hall–Kier alpha value is -2.18. The van der Waals surface area contributed by atoms with E-state index in [4.69, 9.17) is 5.11 Å². The lowest BCUT2D eigenvalue weighted by Gasteiger charge is -2.17. The maximum atomic E-state index is 11.8. The third-order valence-electron chi connectivity index (χ3n) is 3.47. The smallest absolute Gasteiger partial charge is 0.308 e. The van der Waals surface area contributed by atoms with Gasteiger partial charge in [0.2, 0.25) is 5.91 Å². The fourth-order valence-corrected chi connectivity index (χ4v) is 1.95. The summed E-state index contributed by atoms with van der Waals surface area (Å²) in [6.45, 7) is 6.60. The molecule has 0 bridgehead atoms. The lowest BCUT2D eigenvalue weighted by molar-refractivity contribution is -0.142. The van der Waals surface area contributed by atoms with Gasteiger partial charge in [-0.05, 0) is 34.1 Å². The third kappa shape index (κ3) is 4.70. The summed E-state index contributed by atoms with van der Waals surface area (Å²) in [6.07, 6.45) is 0.389. The first kappa shape index (κ1) is 16.9. The first-order chi connectivity index (χ1) is 9.72. The minimum Gasteiger partial charge on any atom is -0.481 e. The lowest BCUT2D eigenvalue weighted by atomic mass is 10.0. The molecule has 1 aromatic rings. The Morgan fingerprint density at radius 1 is 1.33 bits per heavy atom. The van der Waals surface area contributed by atoms with E-state index in [1.807, 2.05) is 0 Å². The second-order valence-corrected chi connectivity index (χ2v) is 5.20. The predicted octanol–water partition coefficient (Wildman–Crippen LogP) is 0.545. The highest BCUT2D eigenvalue weighted by molar-refractivity contribution is 5.78. The summed E-state index contributed by atoms with van der Waals surface area (Å²) < 4.78 is 0. The number of carbonyl (C=O) groups excluding carboxylic acids is 1. The van der Waals surface area contributed by atoms with Gasteiger partial charge in [0.05, 0.1) is 5.92 Å². The molecule has 0 aliphatic carbocycles. The van der Waals surface area contributed by atoms with E-state index in [9.17, 15) is 14.4 Å². The Bertz CT molecular complexity index is 594. The van der Waals surface area contributed by atoms with Crippen molar-refractivity contribution >= 4 is 11.9 Å². The number of aromatic amines is 1. The minimum absolute atomic E-state index is 0.116. The van der Waals surface area contributed by atoms with Gasteiger partial charge in [0.1, 0.15) is 5.82 Å². The van der Waals surface area contributed by atoms with Gasteiger partial charge in [-0.15, -0.1) is 0 Å². The molecular weight excluding hydrogens is 274 g/mol. The summed E-state index contributed by atoms with van der Waals surface area (Å²) in [5, 5.41) is 11.5. The van der Waals surface area contributed by atoms with Crippen molar-refractivity contribution in [3.05, 3.63) is 27.4 Å². The van der Waals surface area contributed by atoms with Crippen LogP contribution in [0.2, 0.25) is 0 Å². The fraction of sp³-hybridized carbons (Fsp3) is 0.571. The molecule has 0 aromatic carbocycles. The van der Waals surface area contributed by atoms with Gasteiger partial charge in [-0.3, -0.25) is 14.4 Å². The Morgan fingerprint density at radius 3 is 2.48 bits per heavy atom. The quantitative estimate of drug-likeness (QED) is 0.709. The average molecular weight is 295 g/mol. The highest BCUT2D eigenvalue weighted by atomic mass is 16.4. The normalized spacial score (nSPS) is 13.5. The van der Waals surface area contributed by atoms with E-state index in [0.717, 1.165) is 0 Å². The van der Waals surface area contributed by atoms with E-state index in [1.165, 1.54) is 6.92 Å². The number of amides is 1. The molecule has 7 heteroatoms. The highest BCUT2D eigenvalue weighted by Crippen LogP contribution is 2.05. The molecule has 0 aliphatic heterocycles. The number of H-pyrrole nitrogens is 1. The zero-order valence-corrected chi connectivity index (χ0v) is 12.7. The molecule has 1 rings (SSSR count). The summed E-state index contributed by atoms with van der Waals surface area (Å²) >= 11 is 0. The number of rotatable bonds is 6. The van der Waals surface area contributed by atoms with Crippen molar-refractivity contribution in [2.45, 2.75) is 46.6 Å². The first-order valence-corrected chi connectivity index (χ1v) is 6.81. The van der Waals surface area contributed by atoms with Crippen molar-refractivity contribution in [3.8, 4) is 0 Å². The zero-order valence-electron chi connectivity index (χ0n) is 12.7. The molecule has 1 aromatic heterocycles. The van der Waals surface area contributed by atoms with Crippen LogP contribution in [-0.4, -0.2) is 33.0 Å². The molecule has 0 saturated carbocycles. The molecule has 2 atom stereocenters. The van der Waals surface area contributed by atoms with Crippen molar-refractivity contribution in [2.24, 2.45) is 5.92 Å². The molecule has 1 heterocycles. The van der Waals surface area contributed by atoms with Gasteiger partial charge in [-0.1, -0.05) is 0 Å². The van der Waals surface area contributed by atoms with Crippen molar-refractivity contribution in [3.63, 3.8) is 0 Å². The fourth-order valence-electron chi connectivity index (χ4n) is 1.95. The van der Waals surface area contributed by atoms with Crippen LogP contribution in [0.5, 0.6) is 0 Å². The van der Waals surface area contributed by atoms with Crippen molar-refractivity contribution in [2.75, 3.05) is 0 Å². The van der Waals surface area contributed by atoms with Gasteiger partial charge in [0.15, 0.2) is 0 Å². The standard InChI is InChI=1S/C14H21N3O4/c1-7(14(20)21)8(2)16-12(18)6-5-11-9(3)15-10(4)17-13(11)19/h7-8H,5-6H2,1-4H3,(H,16,18)(H,20,21)(H,15,17,19). The molecule has 116 valence electrons. The first-order valence-electron chi connectivity index (χ1n) is 6.81. The van der Waals surface area contributed by atoms with Crippen LogP contribution in [0.4, 0.5) is 0 Å². The van der Waals surface area contributed by atoms with Crippen LogP contribution in [0.15, 0.2) is 4.79 Å². The number of aromatic nitrogens is 2. The largest absolute Gasteiger partial charge is 0.481 e. The number of nitrogens with one attached hydrogen (secondary N) is 2. The maximum absolute atomic E-state index is 11.8. The van der Waals surface area contributed by atoms with E-state index < -0.39 is 17.9 Å². The minimum atomic E-state index is -0.960. The maximum Gasteiger partial charge on any atom is 0.308 e. The van der Waals surface area contributed by atoms with Gasteiger partial charge in [-0.25, -0.2) is 4.98 Å². The topological polar surface area (TPSA) is 112 Å². The number of hydrogen-bond acceptors (Lipinski definition) is 4. The van der Waals surface area contributed by atoms with E-state index in [-0.39, 0.29) is 24.3 Å². The van der Waals surface area contributed by atoms with E-state index >= 15 is 0 Å². The molecule has 3 N–H and O–H groups in total. The summed E-state index contributed by atoms with van der Waals surface area (Å²) in [5.74, 6) is -1.37. The number of aryl methyl sites for hydroxylation is 2. The molecule has 0 fully saturated rings. The average Bonchev–Trinajstić information content (AvgIpc) is 2.36. The lowest BCUT2D eigenvalue weighted by Crippen LogP contribution is -2.40. The number of hydrogen-bond donors (Lipinski definition) is 3. The molecular formula is C14H21N3O4. The second-order valence-electron chi connectivity index (χ2n) is 5.20. The van der Waals surface area contributed by atoms with Crippen LogP contribution in [0.3, 0.4) is 0 Å². The molecule has 21 heavy (non-hydrogen) atoms. The van der Waals surface area contributed by atoms with E-state index in [1.54, 1.807) is 20.8 Å². The van der Waals surface area contributed by atoms with E-state index in [2.05, 4.69) is 15.3 Å². The summed E-state index contributed by atoms with van der Waals surface area (Å²) in [6, 6.07) is -0.467. The van der Waals surface area contributed by atoms with Crippen molar-refractivity contribution in [1.29, 1.82) is 0 Å². The number of carbonyl (C=O) groups is 2. The SMILES string of the molecule is Cc1nc(C)c(CCC(=O)NC(C)C(C)C(=O)O)c(=O)[nH]1. The third-order valence-corrected chi connectivity index (χ3v) is 3.47. The molecule has 1 amide bonds. The summed E-state index contributed by atoms with van der Waals surface area (Å²) in [5.41, 5.74) is 0.852. The Kier molecular flexibility index (Phi) is 5.63. The Morgan fingerprint density at radius 2 is 1.95 bits per heavy atom. The number of nitrogens with zero attached hydrogens (tertiary/aromatic N) is 1. The van der Waals surface area contributed by atoms with Gasteiger partial charge >= 0.3 is 5.97 Å². The van der Waals surface area contributed by atoms with Crippen LogP contribution < -0.4 is 10.9 Å². The molecule has 0 saturated heterocycles. The number of carboxylic acids is 1. The predicted molar refractivity (Wildman–Crippen MR) is 77.1 cm³/mol. The Balaban J connectivity index is 2.62. The molecule has 0 aliphatic rings.